The summed E-state index contributed by atoms with van der Waals surface area (Å²) < 4.78 is 0. The monoisotopic (exact) mass is 442 g/mol. The van der Waals surface area contributed by atoms with E-state index in [1.54, 1.807) is 0 Å². The van der Waals surface area contributed by atoms with Crippen LogP contribution in [0.3, 0.4) is 0 Å². The van der Waals surface area contributed by atoms with E-state index in [-0.39, 0.29) is 5.41 Å². The molecular weight excluding hydrogens is 416 g/mol. The van der Waals surface area contributed by atoms with Crippen LogP contribution in [-0.4, -0.2) is 19.9 Å². The molecule has 0 aliphatic carbocycles. The molecule has 4 aromatic rings. The molecule has 1 aromatic carbocycles. The lowest BCUT2D eigenvalue weighted by Gasteiger charge is -2.19. The second-order valence-corrected chi connectivity index (χ2v) is 9.92. The minimum absolute atomic E-state index is 0.122. The van der Waals surface area contributed by atoms with Crippen LogP contribution in [-0.2, 0) is 5.41 Å². The minimum Gasteiger partial charge on any atom is -0.355 e. The predicted octanol–water partition coefficient (Wildman–Crippen LogP) is 7.37. The molecule has 6 rings (SSSR count). The molecule has 0 spiro atoms. The number of aromatic amines is 2. The number of fused-ring (bicyclic) bond motifs is 8. The van der Waals surface area contributed by atoms with E-state index < -0.39 is 0 Å². The van der Waals surface area contributed by atoms with Crippen molar-refractivity contribution in [3.8, 4) is 0 Å². The van der Waals surface area contributed by atoms with Crippen molar-refractivity contribution < 1.29 is 0 Å². The summed E-state index contributed by atoms with van der Waals surface area (Å²) in [5, 5.41) is 0. The molecule has 0 fully saturated rings. The second kappa shape index (κ2) is 7.70. The summed E-state index contributed by atoms with van der Waals surface area (Å²) in [5.41, 5.74) is 11.5. The van der Waals surface area contributed by atoms with Crippen LogP contribution in [0.25, 0.3) is 45.9 Å². The van der Waals surface area contributed by atoms with E-state index in [4.69, 9.17) is 9.97 Å². The first-order chi connectivity index (χ1) is 16.4. The molecule has 4 nitrogen and oxygen atoms in total. The SMILES string of the molecule is CC(C)(C)c1ccc(C2=Cc3cc4ccc(cc5nc(cc6ccc(cc2n3)[nH]6)C=C5)[nH]4)cc1. The van der Waals surface area contributed by atoms with Crippen molar-refractivity contribution in [2.24, 2.45) is 0 Å². The first-order valence-corrected chi connectivity index (χ1v) is 11.6. The maximum absolute atomic E-state index is 4.98. The fraction of sp³-hybridized carbons (Fsp3) is 0.133. The Morgan fingerprint density at radius 2 is 1.12 bits per heavy atom. The van der Waals surface area contributed by atoms with Gasteiger partial charge in [0.2, 0.25) is 0 Å². The molecule has 4 heteroatoms. The number of nitrogens with zero attached hydrogens (tertiary/aromatic N) is 2. The van der Waals surface area contributed by atoms with Crippen molar-refractivity contribution in [3.63, 3.8) is 0 Å². The summed E-state index contributed by atoms with van der Waals surface area (Å²) in [7, 11) is 0. The van der Waals surface area contributed by atoms with Crippen LogP contribution in [0, 0.1) is 0 Å². The first-order valence-electron chi connectivity index (χ1n) is 11.6. The third-order valence-electron chi connectivity index (χ3n) is 6.23. The van der Waals surface area contributed by atoms with Crippen LogP contribution in [0.1, 0.15) is 54.7 Å². The van der Waals surface area contributed by atoms with Gasteiger partial charge in [-0.15, -0.1) is 0 Å². The highest BCUT2D eigenvalue weighted by Crippen LogP contribution is 2.31. The van der Waals surface area contributed by atoms with Crippen LogP contribution >= 0.6 is 0 Å². The molecule has 0 atom stereocenters. The Bertz CT molecular complexity index is 1620. The zero-order chi connectivity index (χ0) is 23.3. The fourth-order valence-corrected chi connectivity index (χ4v) is 4.39. The average Bonchev–Trinajstić information content (AvgIpc) is 3.58. The molecule has 0 unspecified atom stereocenters. The smallest absolute Gasteiger partial charge is 0.0736 e. The Balaban J connectivity index is 1.57. The number of benzene rings is 1. The van der Waals surface area contributed by atoms with Gasteiger partial charge in [0.1, 0.15) is 0 Å². The lowest BCUT2D eigenvalue weighted by atomic mass is 9.86. The molecule has 0 amide bonds. The van der Waals surface area contributed by atoms with Crippen molar-refractivity contribution in [3.05, 3.63) is 107 Å². The van der Waals surface area contributed by atoms with Gasteiger partial charge in [-0.05, 0) is 83.3 Å². The van der Waals surface area contributed by atoms with Gasteiger partial charge in [0.15, 0.2) is 0 Å². The van der Waals surface area contributed by atoms with Crippen LogP contribution < -0.4 is 0 Å². The largest absolute Gasteiger partial charge is 0.355 e. The molecule has 2 aliphatic heterocycles. The fourth-order valence-electron chi connectivity index (χ4n) is 4.39. The summed E-state index contributed by atoms with van der Waals surface area (Å²) in [6.45, 7) is 6.72. The third-order valence-corrected chi connectivity index (χ3v) is 6.23. The molecular formula is C30H26N4. The van der Waals surface area contributed by atoms with Crippen LogP contribution in [0.15, 0.2) is 72.8 Å². The summed E-state index contributed by atoms with van der Waals surface area (Å²) in [4.78, 5) is 16.6. The molecule has 0 saturated heterocycles. The van der Waals surface area contributed by atoms with E-state index >= 15 is 0 Å². The molecule has 3 aromatic heterocycles. The summed E-state index contributed by atoms with van der Waals surface area (Å²) in [6.07, 6.45) is 6.24. The van der Waals surface area contributed by atoms with E-state index in [1.165, 1.54) is 5.56 Å². The zero-order valence-corrected chi connectivity index (χ0v) is 19.6. The highest BCUT2D eigenvalue weighted by Gasteiger charge is 2.16. The number of nitrogens with one attached hydrogen (secondary N) is 2. The number of hydrogen-bond donors (Lipinski definition) is 2. The van der Waals surface area contributed by atoms with E-state index in [9.17, 15) is 0 Å². The number of aromatic nitrogens is 4. The third kappa shape index (κ3) is 3.99. The molecule has 5 heterocycles. The van der Waals surface area contributed by atoms with Crippen molar-refractivity contribution in [1.29, 1.82) is 0 Å². The van der Waals surface area contributed by atoms with E-state index in [1.807, 2.05) is 12.2 Å². The van der Waals surface area contributed by atoms with Gasteiger partial charge in [-0.1, -0.05) is 45.0 Å². The van der Waals surface area contributed by atoms with Crippen molar-refractivity contribution in [1.82, 2.24) is 19.9 Å². The van der Waals surface area contributed by atoms with Gasteiger partial charge < -0.3 is 9.97 Å². The van der Waals surface area contributed by atoms with Gasteiger partial charge in [0.25, 0.3) is 0 Å². The van der Waals surface area contributed by atoms with Crippen molar-refractivity contribution in [2.75, 3.05) is 0 Å². The van der Waals surface area contributed by atoms with Gasteiger partial charge in [0.05, 0.1) is 22.8 Å². The minimum atomic E-state index is 0.122. The average molecular weight is 443 g/mol. The van der Waals surface area contributed by atoms with Crippen LogP contribution in [0.4, 0.5) is 0 Å². The molecule has 2 aliphatic rings. The Morgan fingerprint density at radius 3 is 1.68 bits per heavy atom. The Labute approximate surface area is 198 Å². The Morgan fingerprint density at radius 1 is 0.588 bits per heavy atom. The highest BCUT2D eigenvalue weighted by atomic mass is 14.8. The molecule has 0 radical (unpaired) electrons. The Hall–Kier alpha value is -4.18. The van der Waals surface area contributed by atoms with E-state index in [2.05, 4.69) is 110 Å². The molecule has 34 heavy (non-hydrogen) atoms. The van der Waals surface area contributed by atoms with E-state index in [0.717, 1.165) is 56.0 Å². The van der Waals surface area contributed by atoms with Gasteiger partial charge in [-0.25, -0.2) is 9.97 Å². The molecule has 0 saturated carbocycles. The van der Waals surface area contributed by atoms with Gasteiger partial charge in [-0.2, -0.15) is 0 Å². The molecule has 2 N–H and O–H groups in total. The first kappa shape index (κ1) is 20.4. The zero-order valence-electron chi connectivity index (χ0n) is 19.6. The van der Waals surface area contributed by atoms with Crippen molar-refractivity contribution >= 4 is 45.9 Å². The maximum atomic E-state index is 4.98. The lowest BCUT2D eigenvalue weighted by Crippen LogP contribution is -2.10. The quantitative estimate of drug-likeness (QED) is 0.279. The predicted molar refractivity (Wildman–Crippen MR) is 142 cm³/mol. The normalized spacial score (nSPS) is 13.2. The Kier molecular flexibility index (Phi) is 4.63. The molecule has 8 bridgehead atoms. The summed E-state index contributed by atoms with van der Waals surface area (Å²) >= 11 is 0. The van der Waals surface area contributed by atoms with Gasteiger partial charge in [-0.3, -0.25) is 0 Å². The second-order valence-electron chi connectivity index (χ2n) is 9.92. The van der Waals surface area contributed by atoms with Gasteiger partial charge in [0, 0.05) is 27.6 Å². The number of hydrogen-bond acceptors (Lipinski definition) is 2. The van der Waals surface area contributed by atoms with Crippen molar-refractivity contribution in [2.45, 2.75) is 26.2 Å². The number of rotatable bonds is 1. The van der Waals surface area contributed by atoms with E-state index in [0.29, 0.717) is 0 Å². The maximum Gasteiger partial charge on any atom is 0.0736 e. The standard InChI is InChI=1S/C30H26N4/c1-30(2,3)20-6-4-19(5-7-20)28-17-27-16-25-11-10-23(32-25)14-21-8-9-22(31-21)15-24-12-13-26(33-24)18-29(28)34-27/h4-18,32-33H,1-3H3. The lowest BCUT2D eigenvalue weighted by molar-refractivity contribution is 0.590. The topological polar surface area (TPSA) is 57.4 Å². The van der Waals surface area contributed by atoms with Gasteiger partial charge >= 0.3 is 0 Å². The van der Waals surface area contributed by atoms with Crippen LogP contribution in [0.5, 0.6) is 0 Å². The molecule has 166 valence electrons. The summed E-state index contributed by atoms with van der Waals surface area (Å²) in [6, 6.07) is 25.5. The number of H-pyrrole nitrogens is 2. The summed E-state index contributed by atoms with van der Waals surface area (Å²) in [5.74, 6) is 0. The van der Waals surface area contributed by atoms with Crippen LogP contribution in [0.2, 0.25) is 0 Å². The highest BCUT2D eigenvalue weighted by molar-refractivity contribution is 5.93.